The Morgan fingerprint density at radius 2 is 2.12 bits per heavy atom. The molecule has 0 radical (unpaired) electrons. The van der Waals surface area contributed by atoms with E-state index in [0.29, 0.717) is 21.6 Å². The maximum Gasteiger partial charge on any atom is 0.0899 e. The minimum absolute atomic E-state index is 0.0433. The number of rotatable bonds is 4. The molecule has 5 heteroatoms. The Hall–Kier alpha value is -0.350. The summed E-state index contributed by atoms with van der Waals surface area (Å²) < 4.78 is 0. The predicted molar refractivity (Wildman–Crippen MR) is 74.2 cm³/mol. The second-order valence-corrected chi connectivity index (χ2v) is 5.04. The topological polar surface area (TPSA) is 29.3 Å². The predicted octanol–water partition coefficient (Wildman–Crippen LogP) is 3.10. The molecule has 1 rings (SSSR count). The van der Waals surface area contributed by atoms with Gasteiger partial charge in [-0.15, -0.1) is 0 Å². The summed E-state index contributed by atoms with van der Waals surface area (Å²) in [4.78, 5) is 2.52. The van der Waals surface area contributed by atoms with Crippen LogP contribution in [0.3, 0.4) is 0 Å². The maximum atomic E-state index is 6.08. The molecule has 0 fully saturated rings. The second-order valence-electron chi connectivity index (χ2n) is 3.73. The summed E-state index contributed by atoms with van der Waals surface area (Å²) in [5.74, 6) is 0. The fourth-order valence-corrected chi connectivity index (χ4v) is 1.92. The van der Waals surface area contributed by atoms with Crippen LogP contribution >= 0.6 is 35.4 Å². The van der Waals surface area contributed by atoms with Crippen molar-refractivity contribution in [3.05, 3.63) is 33.8 Å². The molecular formula is C11H14Cl2N2S. The average molecular weight is 277 g/mol. The molecule has 0 aromatic heterocycles. The first-order valence-electron chi connectivity index (χ1n) is 4.85. The van der Waals surface area contributed by atoms with Crippen molar-refractivity contribution in [3.8, 4) is 0 Å². The van der Waals surface area contributed by atoms with E-state index in [1.54, 1.807) is 6.07 Å². The van der Waals surface area contributed by atoms with Crippen LogP contribution in [-0.4, -0.2) is 23.0 Å². The zero-order valence-electron chi connectivity index (χ0n) is 9.21. The molecule has 1 aromatic rings. The first kappa shape index (κ1) is 13.7. The van der Waals surface area contributed by atoms with Crippen LogP contribution in [0.5, 0.6) is 0 Å². The highest BCUT2D eigenvalue weighted by molar-refractivity contribution is 7.80. The highest BCUT2D eigenvalue weighted by Gasteiger charge is 2.13. The lowest BCUT2D eigenvalue weighted by molar-refractivity contribution is 0.304. The Kier molecular flexibility index (Phi) is 4.99. The molecule has 0 aliphatic rings. The highest BCUT2D eigenvalue weighted by Crippen LogP contribution is 2.22. The van der Waals surface area contributed by atoms with Crippen LogP contribution in [0.2, 0.25) is 10.0 Å². The van der Waals surface area contributed by atoms with Gasteiger partial charge in [0.25, 0.3) is 0 Å². The summed E-state index contributed by atoms with van der Waals surface area (Å²) in [7, 11) is 1.95. The van der Waals surface area contributed by atoms with Crippen LogP contribution in [0.1, 0.15) is 12.5 Å². The smallest absolute Gasteiger partial charge is 0.0899 e. The lowest BCUT2D eigenvalue weighted by atomic mass is 10.2. The summed E-state index contributed by atoms with van der Waals surface area (Å²) in [5.41, 5.74) is 6.60. The van der Waals surface area contributed by atoms with E-state index in [4.69, 9.17) is 41.2 Å². The molecule has 1 aromatic carbocycles. The van der Waals surface area contributed by atoms with Gasteiger partial charge in [0.1, 0.15) is 0 Å². The lowest BCUT2D eigenvalue weighted by Crippen LogP contribution is -2.38. The number of nitrogens with zero attached hydrogens (tertiary/aromatic N) is 1. The van der Waals surface area contributed by atoms with Gasteiger partial charge in [-0.2, -0.15) is 0 Å². The molecule has 0 saturated heterocycles. The van der Waals surface area contributed by atoms with E-state index in [0.717, 1.165) is 5.56 Å². The van der Waals surface area contributed by atoms with Crippen molar-refractivity contribution in [1.29, 1.82) is 0 Å². The molecular weight excluding hydrogens is 263 g/mol. The third-order valence-electron chi connectivity index (χ3n) is 2.51. The summed E-state index contributed by atoms with van der Waals surface area (Å²) in [6.07, 6.45) is 0. The van der Waals surface area contributed by atoms with Gasteiger partial charge in [0.05, 0.1) is 11.0 Å². The largest absolute Gasteiger partial charge is 0.392 e. The van der Waals surface area contributed by atoms with Gasteiger partial charge in [-0.25, -0.2) is 0 Å². The summed E-state index contributed by atoms with van der Waals surface area (Å²) >= 11 is 16.9. The van der Waals surface area contributed by atoms with E-state index in [1.807, 2.05) is 31.0 Å². The lowest BCUT2D eigenvalue weighted by Gasteiger charge is -2.24. The molecule has 0 amide bonds. The second kappa shape index (κ2) is 5.82. The van der Waals surface area contributed by atoms with Crippen LogP contribution in [-0.2, 0) is 6.54 Å². The molecule has 0 spiro atoms. The Balaban J connectivity index is 2.77. The number of benzene rings is 1. The molecule has 0 bridgehead atoms. The molecule has 0 saturated carbocycles. The number of hydrogen-bond donors (Lipinski definition) is 1. The number of nitrogens with two attached hydrogens (primary N) is 1. The van der Waals surface area contributed by atoms with Crippen LogP contribution in [0.25, 0.3) is 0 Å². The van der Waals surface area contributed by atoms with E-state index in [9.17, 15) is 0 Å². The van der Waals surface area contributed by atoms with E-state index < -0.39 is 0 Å². The SMILES string of the molecule is CC(C(N)=S)N(C)Cc1ccc(Cl)cc1Cl. The summed E-state index contributed by atoms with van der Waals surface area (Å²) in [5, 5.41) is 1.30. The fraction of sp³-hybridized carbons (Fsp3) is 0.364. The summed E-state index contributed by atoms with van der Waals surface area (Å²) in [6, 6.07) is 5.51. The van der Waals surface area contributed by atoms with Crippen LogP contribution in [0, 0.1) is 0 Å². The fourth-order valence-electron chi connectivity index (χ4n) is 1.27. The van der Waals surface area contributed by atoms with Crippen molar-refractivity contribution in [2.75, 3.05) is 7.05 Å². The van der Waals surface area contributed by atoms with E-state index in [1.165, 1.54) is 0 Å². The van der Waals surface area contributed by atoms with Crippen molar-refractivity contribution in [1.82, 2.24) is 4.90 Å². The molecule has 0 aliphatic heterocycles. The number of thiocarbonyl (C=S) groups is 1. The minimum atomic E-state index is 0.0433. The van der Waals surface area contributed by atoms with Crippen LogP contribution in [0.15, 0.2) is 18.2 Å². The van der Waals surface area contributed by atoms with Crippen molar-refractivity contribution < 1.29 is 0 Å². The van der Waals surface area contributed by atoms with Gasteiger partial charge in [0.15, 0.2) is 0 Å². The van der Waals surface area contributed by atoms with Gasteiger partial charge < -0.3 is 5.73 Å². The zero-order valence-corrected chi connectivity index (χ0v) is 11.5. The van der Waals surface area contributed by atoms with E-state index in [2.05, 4.69) is 0 Å². The maximum absolute atomic E-state index is 6.08. The molecule has 0 aliphatic carbocycles. The quantitative estimate of drug-likeness (QED) is 0.857. The van der Waals surface area contributed by atoms with Crippen molar-refractivity contribution >= 4 is 40.4 Å². The Morgan fingerprint density at radius 1 is 1.50 bits per heavy atom. The third kappa shape index (κ3) is 3.59. The Labute approximate surface area is 111 Å². The number of halogens is 2. The Morgan fingerprint density at radius 3 is 2.62 bits per heavy atom. The Bertz CT molecular complexity index is 396. The molecule has 88 valence electrons. The van der Waals surface area contributed by atoms with Gasteiger partial charge in [0, 0.05) is 16.6 Å². The van der Waals surface area contributed by atoms with Gasteiger partial charge in [-0.05, 0) is 31.7 Å². The van der Waals surface area contributed by atoms with Gasteiger partial charge >= 0.3 is 0 Å². The molecule has 0 heterocycles. The highest BCUT2D eigenvalue weighted by atomic mass is 35.5. The van der Waals surface area contributed by atoms with Crippen molar-refractivity contribution in [2.45, 2.75) is 19.5 Å². The standard InChI is InChI=1S/C11H14Cl2N2S/c1-7(11(14)16)15(2)6-8-3-4-9(12)5-10(8)13/h3-5,7H,6H2,1-2H3,(H2,14,16). The minimum Gasteiger partial charge on any atom is -0.392 e. The van der Waals surface area contributed by atoms with Crippen molar-refractivity contribution in [3.63, 3.8) is 0 Å². The van der Waals surface area contributed by atoms with E-state index in [-0.39, 0.29) is 6.04 Å². The first-order valence-corrected chi connectivity index (χ1v) is 6.01. The third-order valence-corrected chi connectivity index (χ3v) is 3.44. The van der Waals surface area contributed by atoms with Gasteiger partial charge in [0.2, 0.25) is 0 Å². The number of hydrogen-bond acceptors (Lipinski definition) is 2. The molecule has 2 nitrogen and oxygen atoms in total. The average Bonchev–Trinajstić information content (AvgIpc) is 2.20. The molecule has 1 unspecified atom stereocenters. The zero-order chi connectivity index (χ0) is 12.3. The van der Waals surface area contributed by atoms with Gasteiger partial charge in [-0.3, -0.25) is 4.90 Å². The van der Waals surface area contributed by atoms with Crippen molar-refractivity contribution in [2.24, 2.45) is 5.73 Å². The molecule has 2 N–H and O–H groups in total. The molecule has 16 heavy (non-hydrogen) atoms. The van der Waals surface area contributed by atoms with Crippen LogP contribution in [0.4, 0.5) is 0 Å². The number of likely N-dealkylation sites (N-methyl/N-ethyl adjacent to an activating group) is 1. The monoisotopic (exact) mass is 276 g/mol. The van der Waals surface area contributed by atoms with Gasteiger partial charge in [-0.1, -0.05) is 41.5 Å². The normalized spacial score (nSPS) is 12.8. The molecule has 1 atom stereocenters. The van der Waals surface area contributed by atoms with E-state index >= 15 is 0 Å². The van der Waals surface area contributed by atoms with Crippen LogP contribution < -0.4 is 5.73 Å². The first-order chi connectivity index (χ1) is 7.41. The summed E-state index contributed by atoms with van der Waals surface area (Å²) in [6.45, 7) is 2.65.